The molecule has 112 valence electrons. The zero-order chi connectivity index (χ0) is 15.3. The van der Waals surface area contributed by atoms with Crippen molar-refractivity contribution in [3.63, 3.8) is 0 Å². The molecule has 2 aromatic carbocycles. The summed E-state index contributed by atoms with van der Waals surface area (Å²) >= 11 is 0. The Hall–Kier alpha value is -1.69. The van der Waals surface area contributed by atoms with Gasteiger partial charge in [-0.25, -0.2) is 0 Å². The molecule has 4 nitrogen and oxygen atoms in total. The minimum absolute atomic E-state index is 0.285. The number of nitrogens with one attached hydrogen (secondary N) is 2. The molecule has 0 fully saturated rings. The van der Waals surface area contributed by atoms with Crippen molar-refractivity contribution in [2.45, 2.75) is 25.9 Å². The molecule has 0 saturated heterocycles. The third-order valence-electron chi connectivity index (χ3n) is 3.26. The van der Waals surface area contributed by atoms with Gasteiger partial charge in [0.2, 0.25) is 0 Å². The minimum atomic E-state index is -3.58. The van der Waals surface area contributed by atoms with Crippen molar-refractivity contribution in [3.8, 4) is 0 Å². The molecule has 0 unspecified atom stereocenters. The van der Waals surface area contributed by atoms with Crippen LogP contribution in [0, 0.1) is 0 Å². The van der Waals surface area contributed by atoms with Crippen LogP contribution in [0.15, 0.2) is 60.7 Å². The summed E-state index contributed by atoms with van der Waals surface area (Å²) in [5.74, 6) is 0. The van der Waals surface area contributed by atoms with E-state index >= 15 is 0 Å². The van der Waals surface area contributed by atoms with Gasteiger partial charge >= 0.3 is 0 Å². The Morgan fingerprint density at radius 1 is 0.714 bits per heavy atom. The first-order chi connectivity index (χ1) is 9.98. The van der Waals surface area contributed by atoms with Crippen LogP contribution in [0.5, 0.6) is 0 Å². The van der Waals surface area contributed by atoms with E-state index in [4.69, 9.17) is 0 Å². The third-order valence-corrected chi connectivity index (χ3v) is 4.59. The molecule has 0 spiro atoms. The van der Waals surface area contributed by atoms with Crippen molar-refractivity contribution in [3.05, 3.63) is 71.8 Å². The zero-order valence-electron chi connectivity index (χ0n) is 12.2. The lowest BCUT2D eigenvalue weighted by Gasteiger charge is -2.18. The van der Waals surface area contributed by atoms with Crippen LogP contribution in [0.25, 0.3) is 0 Å². The van der Waals surface area contributed by atoms with E-state index < -0.39 is 10.2 Å². The van der Waals surface area contributed by atoms with Crippen LogP contribution in [-0.2, 0) is 10.2 Å². The summed E-state index contributed by atoms with van der Waals surface area (Å²) in [4.78, 5) is 0. The van der Waals surface area contributed by atoms with Crippen molar-refractivity contribution in [2.24, 2.45) is 0 Å². The predicted octanol–water partition coefficient (Wildman–Crippen LogP) is 2.93. The second-order valence-electron chi connectivity index (χ2n) is 5.00. The fourth-order valence-electron chi connectivity index (χ4n) is 2.12. The Morgan fingerprint density at radius 3 is 1.38 bits per heavy atom. The van der Waals surface area contributed by atoms with Gasteiger partial charge in [0.15, 0.2) is 0 Å². The lowest BCUT2D eigenvalue weighted by Crippen LogP contribution is -2.39. The van der Waals surface area contributed by atoms with Gasteiger partial charge in [-0.1, -0.05) is 60.7 Å². The number of rotatable bonds is 6. The van der Waals surface area contributed by atoms with Crippen molar-refractivity contribution in [1.29, 1.82) is 0 Å². The second-order valence-corrected chi connectivity index (χ2v) is 6.48. The lowest BCUT2D eigenvalue weighted by atomic mass is 10.1. The normalized spacial score (nSPS) is 14.6. The highest BCUT2D eigenvalue weighted by atomic mass is 32.2. The highest BCUT2D eigenvalue weighted by Gasteiger charge is 2.18. The Labute approximate surface area is 126 Å². The van der Waals surface area contributed by atoms with Crippen LogP contribution in [-0.4, -0.2) is 8.42 Å². The summed E-state index contributed by atoms with van der Waals surface area (Å²) < 4.78 is 29.6. The van der Waals surface area contributed by atoms with Gasteiger partial charge in [0, 0.05) is 12.1 Å². The molecule has 0 saturated carbocycles. The summed E-state index contributed by atoms with van der Waals surface area (Å²) in [6.45, 7) is 3.64. The van der Waals surface area contributed by atoms with E-state index in [0.29, 0.717) is 0 Å². The molecule has 2 rings (SSSR count). The number of hydrogen-bond acceptors (Lipinski definition) is 2. The SMILES string of the molecule is C[C@H](NS(=O)(=O)N[C@H](C)c1ccccc1)c1ccccc1. The maximum atomic E-state index is 12.2. The molecule has 0 aliphatic carbocycles. The van der Waals surface area contributed by atoms with E-state index in [-0.39, 0.29) is 12.1 Å². The molecule has 5 heteroatoms. The van der Waals surface area contributed by atoms with Gasteiger partial charge in [0.05, 0.1) is 0 Å². The monoisotopic (exact) mass is 304 g/mol. The van der Waals surface area contributed by atoms with Gasteiger partial charge in [-0.05, 0) is 25.0 Å². The van der Waals surface area contributed by atoms with E-state index in [1.165, 1.54) is 0 Å². The van der Waals surface area contributed by atoms with Gasteiger partial charge < -0.3 is 0 Å². The maximum absolute atomic E-state index is 12.2. The molecule has 0 aliphatic rings. The quantitative estimate of drug-likeness (QED) is 0.862. The fourth-order valence-corrected chi connectivity index (χ4v) is 3.39. The molecule has 2 N–H and O–H groups in total. The van der Waals surface area contributed by atoms with E-state index in [9.17, 15) is 8.42 Å². The highest BCUT2D eigenvalue weighted by molar-refractivity contribution is 7.87. The van der Waals surface area contributed by atoms with E-state index in [0.717, 1.165) is 11.1 Å². The average molecular weight is 304 g/mol. The van der Waals surface area contributed by atoms with E-state index in [1.807, 2.05) is 74.5 Å². The van der Waals surface area contributed by atoms with Crippen LogP contribution in [0.3, 0.4) is 0 Å². The molecule has 2 atom stereocenters. The largest absolute Gasteiger partial charge is 0.278 e. The first-order valence-corrected chi connectivity index (χ1v) is 8.36. The first-order valence-electron chi connectivity index (χ1n) is 6.87. The fraction of sp³-hybridized carbons (Fsp3) is 0.250. The van der Waals surface area contributed by atoms with Crippen molar-refractivity contribution < 1.29 is 8.42 Å². The smallest absolute Gasteiger partial charge is 0.195 e. The molecule has 0 bridgehead atoms. The van der Waals surface area contributed by atoms with Gasteiger partial charge in [-0.15, -0.1) is 0 Å². The predicted molar refractivity (Wildman–Crippen MR) is 84.9 cm³/mol. The minimum Gasteiger partial charge on any atom is -0.195 e. The lowest BCUT2D eigenvalue weighted by molar-refractivity contribution is 0.539. The molecule has 0 radical (unpaired) electrons. The van der Waals surface area contributed by atoms with Crippen LogP contribution in [0.4, 0.5) is 0 Å². The first kappa shape index (κ1) is 15.7. The topological polar surface area (TPSA) is 58.2 Å². The van der Waals surface area contributed by atoms with Crippen LogP contribution < -0.4 is 9.44 Å². The van der Waals surface area contributed by atoms with Crippen molar-refractivity contribution in [2.75, 3.05) is 0 Å². The Balaban J connectivity index is 2.02. The zero-order valence-corrected chi connectivity index (χ0v) is 13.0. The summed E-state index contributed by atoms with van der Waals surface area (Å²) in [5, 5.41) is 0. The van der Waals surface area contributed by atoms with Gasteiger partial charge in [0.25, 0.3) is 10.2 Å². The highest BCUT2D eigenvalue weighted by Crippen LogP contribution is 2.15. The summed E-state index contributed by atoms with van der Waals surface area (Å²) in [6, 6.07) is 18.4. The standard InChI is InChI=1S/C16H20N2O2S/c1-13(15-9-5-3-6-10-15)17-21(19,20)18-14(2)16-11-7-4-8-12-16/h3-14,17-18H,1-2H3/t13-,14+. The Bertz CT molecular complexity index is 604. The van der Waals surface area contributed by atoms with Crippen LogP contribution >= 0.6 is 0 Å². The maximum Gasteiger partial charge on any atom is 0.278 e. The van der Waals surface area contributed by atoms with Gasteiger partial charge in [-0.2, -0.15) is 17.9 Å². The average Bonchev–Trinajstić information content (AvgIpc) is 2.48. The molecule has 21 heavy (non-hydrogen) atoms. The Kier molecular flexibility index (Phi) is 5.12. The third kappa shape index (κ3) is 4.67. The molecule has 0 heterocycles. The summed E-state index contributed by atoms with van der Waals surface area (Å²) in [6.07, 6.45) is 0. The van der Waals surface area contributed by atoms with E-state index in [1.54, 1.807) is 0 Å². The van der Waals surface area contributed by atoms with Crippen LogP contribution in [0.2, 0.25) is 0 Å². The molecule has 0 amide bonds. The summed E-state index contributed by atoms with van der Waals surface area (Å²) in [5.41, 5.74) is 1.85. The van der Waals surface area contributed by atoms with Crippen molar-refractivity contribution >= 4 is 10.2 Å². The van der Waals surface area contributed by atoms with Crippen molar-refractivity contribution in [1.82, 2.24) is 9.44 Å². The number of benzene rings is 2. The Morgan fingerprint density at radius 2 is 1.05 bits per heavy atom. The molecule has 0 aromatic heterocycles. The molecule has 2 aromatic rings. The molecule has 0 aliphatic heterocycles. The van der Waals surface area contributed by atoms with E-state index in [2.05, 4.69) is 9.44 Å². The summed E-state index contributed by atoms with van der Waals surface area (Å²) in [7, 11) is -3.58. The molecular formula is C16H20N2O2S. The van der Waals surface area contributed by atoms with Crippen LogP contribution in [0.1, 0.15) is 37.1 Å². The molecular weight excluding hydrogens is 284 g/mol. The number of hydrogen-bond donors (Lipinski definition) is 2. The van der Waals surface area contributed by atoms with Gasteiger partial charge in [0.1, 0.15) is 0 Å². The van der Waals surface area contributed by atoms with Gasteiger partial charge in [-0.3, -0.25) is 0 Å². The second kappa shape index (κ2) is 6.85.